The number of morpholine rings is 1. The van der Waals surface area contributed by atoms with Crippen molar-refractivity contribution < 1.29 is 4.74 Å². The predicted octanol–water partition coefficient (Wildman–Crippen LogP) is 0.0543. The van der Waals surface area contributed by atoms with E-state index in [1.54, 1.807) is 0 Å². The molecule has 0 aliphatic carbocycles. The second kappa shape index (κ2) is 3.09. The van der Waals surface area contributed by atoms with Crippen LogP contribution in [0.2, 0.25) is 0 Å². The lowest BCUT2D eigenvalue weighted by molar-refractivity contribution is -0.0513. The molecule has 1 unspecified atom stereocenters. The summed E-state index contributed by atoms with van der Waals surface area (Å²) >= 11 is 0. The Kier molecular flexibility index (Phi) is 2.52. The summed E-state index contributed by atoms with van der Waals surface area (Å²) in [5.74, 6) is 0. The molecule has 1 aliphatic heterocycles. The lowest BCUT2D eigenvalue weighted by Gasteiger charge is -2.37. The molecular weight excluding hydrogens is 140 g/mol. The van der Waals surface area contributed by atoms with Crippen LogP contribution >= 0.6 is 0 Å². The molecule has 1 saturated heterocycles. The fraction of sp³-hybridized carbons (Fsp3) is 1.00. The third-order valence-corrected chi connectivity index (χ3v) is 2.10. The highest BCUT2D eigenvalue weighted by molar-refractivity contribution is 4.87. The Morgan fingerprint density at radius 3 is 2.55 bits per heavy atom. The minimum absolute atomic E-state index is 0.182. The van der Waals surface area contributed by atoms with Crippen LogP contribution in [-0.4, -0.2) is 43.3 Å². The highest BCUT2D eigenvalue weighted by atomic mass is 16.5. The van der Waals surface area contributed by atoms with Gasteiger partial charge in [-0.3, -0.25) is 0 Å². The maximum absolute atomic E-state index is 5.92. The maximum Gasteiger partial charge on any atom is 0.0876 e. The average Bonchev–Trinajstić information content (AvgIpc) is 1.86. The molecule has 0 radical (unpaired) electrons. The smallest absolute Gasteiger partial charge is 0.0876 e. The van der Waals surface area contributed by atoms with E-state index in [4.69, 9.17) is 10.5 Å². The summed E-state index contributed by atoms with van der Waals surface area (Å²) in [6, 6.07) is 0. The zero-order chi connectivity index (χ0) is 8.48. The van der Waals surface area contributed by atoms with Gasteiger partial charge in [0.15, 0.2) is 0 Å². The Labute approximate surface area is 68.5 Å². The second-order valence-electron chi connectivity index (χ2n) is 3.94. The van der Waals surface area contributed by atoms with Gasteiger partial charge in [-0.05, 0) is 20.9 Å². The van der Waals surface area contributed by atoms with Crippen molar-refractivity contribution in [2.24, 2.45) is 5.73 Å². The van der Waals surface area contributed by atoms with Crippen LogP contribution in [0, 0.1) is 0 Å². The van der Waals surface area contributed by atoms with E-state index in [2.05, 4.69) is 11.9 Å². The minimum Gasteiger partial charge on any atom is -0.374 e. The molecule has 1 fully saturated rings. The summed E-state index contributed by atoms with van der Waals surface area (Å²) in [6.45, 7) is 6.80. The summed E-state index contributed by atoms with van der Waals surface area (Å²) in [7, 11) is 2.10. The molecule has 0 amide bonds. The van der Waals surface area contributed by atoms with Gasteiger partial charge in [0.05, 0.1) is 12.7 Å². The highest BCUT2D eigenvalue weighted by Crippen LogP contribution is 2.13. The number of nitrogens with two attached hydrogens (primary N) is 1. The molecule has 0 spiro atoms. The number of hydrogen-bond acceptors (Lipinski definition) is 3. The SMILES string of the molecule is CN1CCOC(C(C)(C)N)C1. The lowest BCUT2D eigenvalue weighted by Crippen LogP contribution is -2.55. The summed E-state index contributed by atoms with van der Waals surface area (Å²) in [6.07, 6.45) is 0.182. The van der Waals surface area contributed by atoms with Gasteiger partial charge in [-0.15, -0.1) is 0 Å². The fourth-order valence-corrected chi connectivity index (χ4v) is 1.23. The van der Waals surface area contributed by atoms with E-state index in [0.29, 0.717) is 0 Å². The van der Waals surface area contributed by atoms with Crippen LogP contribution < -0.4 is 5.73 Å². The Morgan fingerprint density at radius 2 is 2.18 bits per heavy atom. The van der Waals surface area contributed by atoms with Gasteiger partial charge in [-0.25, -0.2) is 0 Å². The van der Waals surface area contributed by atoms with E-state index < -0.39 is 0 Å². The van der Waals surface area contributed by atoms with Crippen molar-refractivity contribution in [3.8, 4) is 0 Å². The van der Waals surface area contributed by atoms with Gasteiger partial charge in [0.2, 0.25) is 0 Å². The molecule has 2 N–H and O–H groups in total. The molecule has 1 aliphatic rings. The molecule has 0 saturated carbocycles. The normalized spacial score (nSPS) is 28.9. The first kappa shape index (κ1) is 8.97. The summed E-state index contributed by atoms with van der Waals surface area (Å²) in [5.41, 5.74) is 5.71. The third-order valence-electron chi connectivity index (χ3n) is 2.10. The Balaban J connectivity index is 2.46. The van der Waals surface area contributed by atoms with Crippen molar-refractivity contribution in [3.05, 3.63) is 0 Å². The van der Waals surface area contributed by atoms with Crippen LogP contribution in [0.5, 0.6) is 0 Å². The van der Waals surface area contributed by atoms with Crippen LogP contribution in [0.4, 0.5) is 0 Å². The Hall–Kier alpha value is -0.120. The molecule has 3 nitrogen and oxygen atoms in total. The van der Waals surface area contributed by atoms with Gasteiger partial charge in [0.25, 0.3) is 0 Å². The molecule has 11 heavy (non-hydrogen) atoms. The zero-order valence-corrected chi connectivity index (χ0v) is 7.63. The van der Waals surface area contributed by atoms with E-state index in [-0.39, 0.29) is 11.6 Å². The van der Waals surface area contributed by atoms with E-state index in [0.717, 1.165) is 19.7 Å². The van der Waals surface area contributed by atoms with Crippen molar-refractivity contribution in [2.75, 3.05) is 26.7 Å². The van der Waals surface area contributed by atoms with Gasteiger partial charge in [-0.1, -0.05) is 0 Å². The van der Waals surface area contributed by atoms with E-state index in [1.165, 1.54) is 0 Å². The molecular formula is C8H18N2O. The lowest BCUT2D eigenvalue weighted by atomic mass is 9.97. The van der Waals surface area contributed by atoms with Crippen LogP contribution in [-0.2, 0) is 4.74 Å². The Bertz CT molecular complexity index is 131. The minimum atomic E-state index is -0.214. The van der Waals surface area contributed by atoms with Gasteiger partial charge in [0.1, 0.15) is 0 Å². The van der Waals surface area contributed by atoms with Crippen molar-refractivity contribution in [3.63, 3.8) is 0 Å². The zero-order valence-electron chi connectivity index (χ0n) is 7.63. The molecule has 66 valence electrons. The van der Waals surface area contributed by atoms with Gasteiger partial charge in [0, 0.05) is 18.6 Å². The monoisotopic (exact) mass is 158 g/mol. The summed E-state index contributed by atoms with van der Waals surface area (Å²) in [4.78, 5) is 2.25. The first-order valence-corrected chi connectivity index (χ1v) is 4.09. The van der Waals surface area contributed by atoms with Gasteiger partial charge in [-0.2, -0.15) is 0 Å². The second-order valence-corrected chi connectivity index (χ2v) is 3.94. The van der Waals surface area contributed by atoms with E-state index in [1.807, 2.05) is 13.8 Å². The van der Waals surface area contributed by atoms with Crippen LogP contribution in [0.1, 0.15) is 13.8 Å². The van der Waals surface area contributed by atoms with Crippen LogP contribution in [0.15, 0.2) is 0 Å². The number of rotatable bonds is 1. The highest BCUT2D eigenvalue weighted by Gasteiger charge is 2.29. The molecule has 1 atom stereocenters. The molecule has 1 rings (SSSR count). The quantitative estimate of drug-likeness (QED) is 0.586. The number of hydrogen-bond donors (Lipinski definition) is 1. The average molecular weight is 158 g/mol. The largest absolute Gasteiger partial charge is 0.374 e. The standard InChI is InChI=1S/C8H18N2O/c1-8(2,9)7-6-10(3)4-5-11-7/h7H,4-6,9H2,1-3H3. The predicted molar refractivity (Wildman–Crippen MR) is 45.5 cm³/mol. The molecule has 0 aromatic carbocycles. The van der Waals surface area contributed by atoms with E-state index >= 15 is 0 Å². The molecule has 1 heterocycles. The molecule has 3 heteroatoms. The summed E-state index contributed by atoms with van der Waals surface area (Å²) < 4.78 is 5.55. The van der Waals surface area contributed by atoms with Gasteiger partial charge >= 0.3 is 0 Å². The van der Waals surface area contributed by atoms with Gasteiger partial charge < -0.3 is 15.4 Å². The molecule has 0 bridgehead atoms. The third kappa shape index (κ3) is 2.43. The summed E-state index contributed by atoms with van der Waals surface area (Å²) in [5, 5.41) is 0. The molecule has 0 aromatic heterocycles. The van der Waals surface area contributed by atoms with Crippen molar-refractivity contribution in [2.45, 2.75) is 25.5 Å². The fourth-order valence-electron chi connectivity index (χ4n) is 1.23. The Morgan fingerprint density at radius 1 is 1.55 bits per heavy atom. The number of ether oxygens (including phenoxy) is 1. The van der Waals surface area contributed by atoms with Crippen LogP contribution in [0.25, 0.3) is 0 Å². The van der Waals surface area contributed by atoms with Crippen molar-refractivity contribution >= 4 is 0 Å². The number of nitrogens with zero attached hydrogens (tertiary/aromatic N) is 1. The first-order valence-electron chi connectivity index (χ1n) is 4.09. The first-order chi connectivity index (χ1) is 5.00. The topological polar surface area (TPSA) is 38.5 Å². The van der Waals surface area contributed by atoms with Crippen LogP contribution in [0.3, 0.4) is 0 Å². The maximum atomic E-state index is 5.92. The van der Waals surface area contributed by atoms with E-state index in [9.17, 15) is 0 Å². The molecule has 0 aromatic rings. The van der Waals surface area contributed by atoms with Crippen molar-refractivity contribution in [1.82, 2.24) is 4.90 Å². The van der Waals surface area contributed by atoms with Crippen molar-refractivity contribution in [1.29, 1.82) is 0 Å². The number of likely N-dealkylation sites (N-methyl/N-ethyl adjacent to an activating group) is 1.